The largest absolute Gasteiger partial charge is 0.418 e. The average Bonchev–Trinajstić information content (AvgIpc) is 2.14. The summed E-state index contributed by atoms with van der Waals surface area (Å²) in [6.07, 6.45) is -7.43. The number of hydrogen-bond acceptors (Lipinski definition) is 1. The van der Waals surface area contributed by atoms with Crippen LogP contribution in [-0.2, 0) is 12.1 Å². The molecule has 90 valence electrons. The van der Waals surface area contributed by atoms with Gasteiger partial charge in [0.25, 0.3) is 6.43 Å². The molecule has 0 unspecified atom stereocenters. The molecule has 1 heterocycles. The van der Waals surface area contributed by atoms with Crippen LogP contribution in [-0.4, -0.2) is 4.98 Å². The molecule has 0 radical (unpaired) electrons. The van der Waals surface area contributed by atoms with Gasteiger partial charge in [-0.05, 0) is 0 Å². The molecule has 0 amide bonds. The van der Waals surface area contributed by atoms with Gasteiger partial charge in [0.15, 0.2) is 0 Å². The highest BCUT2D eigenvalue weighted by atomic mass is 35.5. The summed E-state index contributed by atoms with van der Waals surface area (Å²) in [4.78, 5) is 3.16. The van der Waals surface area contributed by atoms with E-state index in [-0.39, 0.29) is 0 Å². The SMILES string of the molecule is FC(F)c1ncc(Cl)c(C(F)(F)F)c1CCl. The van der Waals surface area contributed by atoms with E-state index < -0.39 is 40.3 Å². The Kier molecular flexibility index (Phi) is 3.96. The van der Waals surface area contributed by atoms with E-state index in [2.05, 4.69) is 4.98 Å². The molecule has 0 saturated carbocycles. The molecule has 1 aromatic rings. The third-order valence-corrected chi connectivity index (χ3v) is 2.34. The second kappa shape index (κ2) is 4.71. The molecule has 16 heavy (non-hydrogen) atoms. The molecule has 1 nitrogen and oxygen atoms in total. The van der Waals surface area contributed by atoms with E-state index >= 15 is 0 Å². The van der Waals surface area contributed by atoms with Crippen LogP contribution in [0, 0.1) is 0 Å². The minimum absolute atomic E-state index is 0.544. The topological polar surface area (TPSA) is 12.9 Å². The van der Waals surface area contributed by atoms with Gasteiger partial charge in [0.2, 0.25) is 0 Å². The Morgan fingerprint density at radius 1 is 1.31 bits per heavy atom. The van der Waals surface area contributed by atoms with Crippen molar-refractivity contribution >= 4 is 23.2 Å². The minimum Gasteiger partial charge on any atom is -0.253 e. The number of halogens is 7. The summed E-state index contributed by atoms with van der Waals surface area (Å²) in [5.41, 5.74) is -3.13. The maximum atomic E-state index is 12.5. The number of rotatable bonds is 2. The molecule has 0 N–H and O–H groups in total. The highest BCUT2D eigenvalue weighted by Crippen LogP contribution is 2.40. The van der Waals surface area contributed by atoms with Gasteiger partial charge in [-0.15, -0.1) is 11.6 Å². The predicted molar refractivity (Wildman–Crippen MR) is 48.8 cm³/mol. The van der Waals surface area contributed by atoms with E-state index in [1.165, 1.54) is 0 Å². The fourth-order valence-corrected chi connectivity index (χ4v) is 1.71. The van der Waals surface area contributed by atoms with Crippen LogP contribution < -0.4 is 0 Å². The lowest BCUT2D eigenvalue weighted by Crippen LogP contribution is -2.13. The van der Waals surface area contributed by atoms with E-state index in [4.69, 9.17) is 23.2 Å². The van der Waals surface area contributed by atoms with E-state index in [1.807, 2.05) is 0 Å². The van der Waals surface area contributed by atoms with Crippen LogP contribution in [0.4, 0.5) is 22.0 Å². The number of pyridine rings is 1. The molecule has 0 fully saturated rings. The number of hydrogen-bond donors (Lipinski definition) is 0. The fourth-order valence-electron chi connectivity index (χ4n) is 1.17. The molecule has 0 aliphatic heterocycles. The molecule has 0 aromatic carbocycles. The normalized spacial score (nSPS) is 12.2. The van der Waals surface area contributed by atoms with Gasteiger partial charge < -0.3 is 0 Å². The zero-order chi connectivity index (χ0) is 12.5. The lowest BCUT2D eigenvalue weighted by atomic mass is 10.1. The number of aromatic nitrogens is 1. The highest BCUT2D eigenvalue weighted by Gasteiger charge is 2.38. The van der Waals surface area contributed by atoms with Crippen molar-refractivity contribution in [3.63, 3.8) is 0 Å². The van der Waals surface area contributed by atoms with Crippen LogP contribution >= 0.6 is 23.2 Å². The van der Waals surface area contributed by atoms with Crippen molar-refractivity contribution in [3.05, 3.63) is 28.0 Å². The second-order valence-corrected chi connectivity index (χ2v) is 3.45. The molecule has 0 aliphatic rings. The number of alkyl halides is 6. The van der Waals surface area contributed by atoms with Gasteiger partial charge in [-0.1, -0.05) is 11.6 Å². The monoisotopic (exact) mass is 279 g/mol. The van der Waals surface area contributed by atoms with Crippen LogP contribution in [0.5, 0.6) is 0 Å². The molecule has 0 saturated heterocycles. The summed E-state index contributed by atoms with van der Waals surface area (Å²) in [5, 5.41) is -0.743. The van der Waals surface area contributed by atoms with Gasteiger partial charge in [-0.25, -0.2) is 8.78 Å². The summed E-state index contributed by atoms with van der Waals surface area (Å²) >= 11 is 10.5. The molecule has 1 rings (SSSR count). The molecular weight excluding hydrogens is 276 g/mol. The first-order valence-corrected chi connectivity index (χ1v) is 4.78. The van der Waals surface area contributed by atoms with E-state index in [0.717, 1.165) is 0 Å². The first-order valence-electron chi connectivity index (χ1n) is 3.87. The molecule has 0 bridgehead atoms. The fraction of sp³-hybridized carbons (Fsp3) is 0.375. The predicted octanol–water partition coefficient (Wildman–Crippen LogP) is 4.43. The van der Waals surface area contributed by atoms with Crippen LogP contribution in [0.25, 0.3) is 0 Å². The Morgan fingerprint density at radius 2 is 1.88 bits per heavy atom. The summed E-state index contributed by atoms with van der Waals surface area (Å²) in [5.74, 6) is -0.734. The van der Waals surface area contributed by atoms with Gasteiger partial charge >= 0.3 is 6.18 Å². The van der Waals surface area contributed by atoms with Gasteiger partial charge in [-0.2, -0.15) is 13.2 Å². The van der Waals surface area contributed by atoms with Crippen molar-refractivity contribution in [2.45, 2.75) is 18.5 Å². The molecule has 1 aromatic heterocycles. The first-order chi connectivity index (χ1) is 7.29. The summed E-state index contributed by atoms with van der Waals surface area (Å²) < 4.78 is 62.3. The molecule has 0 spiro atoms. The smallest absolute Gasteiger partial charge is 0.253 e. The van der Waals surface area contributed by atoms with Gasteiger partial charge in [-0.3, -0.25) is 4.98 Å². The van der Waals surface area contributed by atoms with Crippen LogP contribution in [0.1, 0.15) is 23.2 Å². The Balaban J connectivity index is 3.51. The first kappa shape index (κ1) is 13.4. The maximum absolute atomic E-state index is 12.5. The zero-order valence-electron chi connectivity index (χ0n) is 7.45. The van der Waals surface area contributed by atoms with Crippen molar-refractivity contribution in [3.8, 4) is 0 Å². The lowest BCUT2D eigenvalue weighted by molar-refractivity contribution is -0.138. The van der Waals surface area contributed by atoms with Crippen molar-refractivity contribution in [1.29, 1.82) is 0 Å². The molecule has 0 atom stereocenters. The molecular formula is C8H4Cl2F5N. The maximum Gasteiger partial charge on any atom is 0.418 e. The van der Waals surface area contributed by atoms with Crippen LogP contribution in [0.15, 0.2) is 6.20 Å². The Morgan fingerprint density at radius 3 is 2.25 bits per heavy atom. The van der Waals surface area contributed by atoms with E-state index in [9.17, 15) is 22.0 Å². The Labute approximate surface area is 97.2 Å². The molecule has 8 heteroatoms. The van der Waals surface area contributed by atoms with Crippen LogP contribution in [0.2, 0.25) is 5.02 Å². The average molecular weight is 280 g/mol. The minimum atomic E-state index is -4.84. The van der Waals surface area contributed by atoms with E-state index in [1.54, 1.807) is 0 Å². The summed E-state index contributed by atoms with van der Waals surface area (Å²) in [7, 11) is 0. The quantitative estimate of drug-likeness (QED) is 0.576. The molecule has 0 aliphatic carbocycles. The van der Waals surface area contributed by atoms with Crippen LogP contribution in [0.3, 0.4) is 0 Å². The van der Waals surface area contributed by atoms with Crippen molar-refractivity contribution in [1.82, 2.24) is 4.98 Å². The lowest BCUT2D eigenvalue weighted by Gasteiger charge is -2.15. The summed E-state index contributed by atoms with van der Waals surface area (Å²) in [6, 6.07) is 0. The standard InChI is InChI=1S/C8H4Cl2F5N/c9-1-3-5(8(13,14)15)4(10)2-16-6(3)7(11)12/h2,7H,1H2. The van der Waals surface area contributed by atoms with Gasteiger partial charge in [0, 0.05) is 11.8 Å². The second-order valence-electron chi connectivity index (χ2n) is 2.78. The zero-order valence-corrected chi connectivity index (χ0v) is 8.97. The third kappa shape index (κ3) is 2.55. The number of nitrogens with zero attached hydrogens (tertiary/aromatic N) is 1. The van der Waals surface area contributed by atoms with Crippen molar-refractivity contribution in [2.24, 2.45) is 0 Å². The Hall–Kier alpha value is -0.620. The van der Waals surface area contributed by atoms with E-state index in [0.29, 0.717) is 6.20 Å². The van der Waals surface area contributed by atoms with Gasteiger partial charge in [0.05, 0.1) is 16.5 Å². The highest BCUT2D eigenvalue weighted by molar-refractivity contribution is 6.31. The summed E-state index contributed by atoms with van der Waals surface area (Å²) in [6.45, 7) is 0. The Bertz CT molecular complexity index is 391. The van der Waals surface area contributed by atoms with Crippen molar-refractivity contribution in [2.75, 3.05) is 0 Å². The van der Waals surface area contributed by atoms with Crippen molar-refractivity contribution < 1.29 is 22.0 Å². The van der Waals surface area contributed by atoms with Gasteiger partial charge in [0.1, 0.15) is 5.69 Å². The third-order valence-electron chi connectivity index (χ3n) is 1.79.